The number of benzene rings is 6. The molecule has 18 rings (SSSR count). The number of thiophene rings is 1. The number of amides is 1. The van der Waals surface area contributed by atoms with Gasteiger partial charge in [-0.3, -0.25) is 9.78 Å². The molecule has 666 valence electrons. The number of ether oxygens (including phenoxy) is 2. The van der Waals surface area contributed by atoms with Crippen LogP contribution in [0.1, 0.15) is 256 Å². The molecule has 0 radical (unpaired) electrons. The van der Waals surface area contributed by atoms with E-state index in [-0.39, 0.29) is 5.91 Å². The average Bonchev–Trinajstić information content (AvgIpc) is 1.61. The van der Waals surface area contributed by atoms with Crippen molar-refractivity contribution in [3.8, 4) is 39.9 Å². The van der Waals surface area contributed by atoms with Crippen molar-refractivity contribution >= 4 is 78.9 Å². The molecular formula is C102H128N18O4S2Si. The Bertz CT molecular complexity index is 6340. The maximum absolute atomic E-state index is 11.7. The lowest BCUT2D eigenvalue weighted by atomic mass is 9.97. The van der Waals surface area contributed by atoms with Crippen LogP contribution in [0, 0.1) is 34.6 Å². The van der Waals surface area contributed by atoms with Crippen LogP contribution in [0.2, 0.25) is 19.1 Å². The molecular weight excluding hydrogens is 1630 g/mol. The number of carbonyl (C=O) groups excluding carboxylic acids is 1. The molecule has 2 aliphatic rings. The molecule has 22 nitrogen and oxygen atoms in total. The van der Waals surface area contributed by atoms with E-state index in [0.29, 0.717) is 66.9 Å². The number of anilines is 1. The summed E-state index contributed by atoms with van der Waals surface area (Å²) in [6.07, 6.45) is 24.2. The van der Waals surface area contributed by atoms with Gasteiger partial charge in [0, 0.05) is 74.5 Å². The normalized spacial score (nSPS) is 12.6. The molecule has 0 bridgehead atoms. The van der Waals surface area contributed by atoms with Crippen molar-refractivity contribution in [1.82, 2.24) is 82.7 Å². The van der Waals surface area contributed by atoms with Crippen LogP contribution >= 0.6 is 22.7 Å². The van der Waals surface area contributed by atoms with E-state index in [0.717, 1.165) is 115 Å². The van der Waals surface area contributed by atoms with Gasteiger partial charge in [0.05, 0.1) is 123 Å². The summed E-state index contributed by atoms with van der Waals surface area (Å²) in [5.41, 5.74) is 29.8. The number of nitrogens with zero attached hydrogens (tertiary/aromatic N) is 18. The zero-order valence-corrected chi connectivity index (χ0v) is 81.7. The van der Waals surface area contributed by atoms with E-state index in [1.807, 2.05) is 114 Å². The number of oxazole rings is 1. The lowest BCUT2D eigenvalue weighted by molar-refractivity contribution is -0.118. The van der Waals surface area contributed by atoms with Crippen LogP contribution in [0.3, 0.4) is 0 Å². The third-order valence-corrected chi connectivity index (χ3v) is 28.5. The first-order chi connectivity index (χ1) is 60.8. The van der Waals surface area contributed by atoms with Gasteiger partial charge >= 0.3 is 0 Å². The summed E-state index contributed by atoms with van der Waals surface area (Å²) in [6.45, 7) is 54.0. The van der Waals surface area contributed by atoms with E-state index < -0.39 is 8.07 Å². The Hall–Kier alpha value is -11.6. The number of imidazole rings is 4. The minimum atomic E-state index is -1.26. The first-order valence-corrected chi connectivity index (χ1v) is 49.7. The van der Waals surface area contributed by atoms with E-state index in [1.54, 1.807) is 58.4 Å². The van der Waals surface area contributed by atoms with Gasteiger partial charge < -0.3 is 37.1 Å². The van der Waals surface area contributed by atoms with Crippen molar-refractivity contribution in [3.63, 3.8) is 0 Å². The van der Waals surface area contributed by atoms with Gasteiger partial charge in [-0.15, -0.1) is 27.8 Å². The Morgan fingerprint density at radius 2 is 1.02 bits per heavy atom. The first kappa shape index (κ1) is 94.5. The van der Waals surface area contributed by atoms with E-state index in [4.69, 9.17) is 13.9 Å². The summed E-state index contributed by atoms with van der Waals surface area (Å²) in [5.74, 6) is 6.23. The maximum atomic E-state index is 11.7. The molecule has 10 aromatic heterocycles. The number of pyridine rings is 1. The predicted molar refractivity (Wildman–Crippen MR) is 523 cm³/mol. The van der Waals surface area contributed by atoms with Gasteiger partial charge in [-0.25, -0.2) is 49.2 Å². The second kappa shape index (κ2) is 42.3. The summed E-state index contributed by atoms with van der Waals surface area (Å²) >= 11 is 3.46. The molecule has 0 atom stereocenters. The minimum Gasteiger partial charge on any atom is -0.492 e. The predicted octanol–water partition coefficient (Wildman–Crippen LogP) is 24.4. The van der Waals surface area contributed by atoms with E-state index in [2.05, 4.69) is 304 Å². The molecule has 16 aromatic rings. The van der Waals surface area contributed by atoms with Crippen LogP contribution in [-0.4, -0.2) is 117 Å². The molecule has 0 aliphatic carbocycles. The topological polar surface area (TPSA) is 223 Å². The zero-order chi connectivity index (χ0) is 91.2. The third kappa shape index (κ3) is 22.3. The Labute approximate surface area is 759 Å². The van der Waals surface area contributed by atoms with Gasteiger partial charge in [0.15, 0.2) is 23.6 Å². The van der Waals surface area contributed by atoms with Crippen LogP contribution < -0.4 is 14.8 Å². The average molecular weight is 1760 g/mol. The number of hydrogen-bond donors (Lipinski definition) is 0. The van der Waals surface area contributed by atoms with E-state index >= 15 is 0 Å². The van der Waals surface area contributed by atoms with Crippen molar-refractivity contribution < 1.29 is 18.7 Å². The lowest BCUT2D eigenvalue weighted by Gasteiger charge is -2.24. The molecule has 12 heterocycles. The Morgan fingerprint density at radius 1 is 0.496 bits per heavy atom. The van der Waals surface area contributed by atoms with Gasteiger partial charge in [0.2, 0.25) is 5.91 Å². The highest BCUT2D eigenvalue weighted by Gasteiger charge is 2.37. The van der Waals surface area contributed by atoms with E-state index in [1.165, 1.54) is 73.7 Å². The summed E-state index contributed by atoms with van der Waals surface area (Å²) in [7, 11) is 0.379. The molecule has 0 N–H and O–H groups in total. The number of aromatic nitrogens is 17. The number of rotatable bonds is 19. The zero-order valence-electron chi connectivity index (χ0n) is 79.0. The lowest BCUT2D eigenvalue weighted by Crippen LogP contribution is -2.40. The highest BCUT2D eigenvalue weighted by atomic mass is 32.1. The summed E-state index contributed by atoms with van der Waals surface area (Å²) in [6, 6.07) is 37.8. The monoisotopic (exact) mass is 1760 g/mol. The van der Waals surface area contributed by atoms with Crippen molar-refractivity contribution in [2.24, 2.45) is 0 Å². The van der Waals surface area contributed by atoms with E-state index in [9.17, 15) is 4.79 Å². The highest BCUT2D eigenvalue weighted by molar-refractivity contribution is 7.18. The number of methoxy groups -OCH3 is 1. The van der Waals surface area contributed by atoms with Crippen LogP contribution in [-0.2, 0) is 35.4 Å². The van der Waals surface area contributed by atoms with Gasteiger partial charge in [0.1, 0.15) is 30.5 Å². The number of aryl methyl sites for hydroxylation is 6. The molecule has 0 saturated heterocycles. The van der Waals surface area contributed by atoms with Crippen LogP contribution in [0.25, 0.3) is 65.5 Å². The summed E-state index contributed by atoms with van der Waals surface area (Å²) in [5, 5.41) is 14.2. The molecule has 1 amide bonds. The Kier molecular flexibility index (Phi) is 31.5. The number of hydrogen-bond acceptors (Lipinski definition) is 17. The largest absolute Gasteiger partial charge is 0.492 e. The molecule has 127 heavy (non-hydrogen) atoms. The maximum Gasteiger partial charge on any atom is 0.226 e. The summed E-state index contributed by atoms with van der Waals surface area (Å²) in [4.78, 5) is 52.7. The molecule has 0 saturated carbocycles. The molecule has 2 aliphatic heterocycles. The third-order valence-electron chi connectivity index (χ3n) is 23.1. The van der Waals surface area contributed by atoms with Gasteiger partial charge in [0.25, 0.3) is 0 Å². The Balaban J connectivity index is 0.000000135. The second-order valence-electron chi connectivity index (χ2n) is 35.5. The quantitative estimate of drug-likeness (QED) is 0.0687. The van der Waals surface area contributed by atoms with Gasteiger partial charge in [-0.2, -0.15) is 5.10 Å². The number of thiazole rings is 1. The fraction of sp³-hybridized carbons (Fsp3) is 0.392. The van der Waals surface area contributed by atoms with Crippen LogP contribution in [0.4, 0.5) is 5.69 Å². The standard InChI is InChI=1S/C17H24N2Si.C16H18N2S.C15H20N2O.C14H16N4OS.C14H15N3O.C13H17N3.C13H18N2O/c1-12(2)14-6-7-16(19-10-13(3)18-11-19)15-8-9-20(4,5)17(14)15;1-10(2)13-5-6-14(18-7-12(4)17-9-18)16-15(13)11(3)8-19-16;1-5-18-15-8-13(11(2)3)6-7-14(15)17-9-12(4)16-10-17;1-9(2)10-4-5-11(14-13(10)16-8-20-14)18-7-15-12(17-18)6-19-3;1-9(2)11-4-5-12(14-13(11)16-8-18-14)17-6-10(3)15-7-17;1-4-13-14-9-16(15-13)12-7-5-11(6-8-12)10(2)3;1-4-13(16)15-8-7-11-12(15)6-5-10(14-11)9(2)3/h6-7,10-12H,8-9H2,1-5H3;5-10H,1-4H3;6-11H,5H2,1-4H3;4-5,7-9H,6H2,1-3H3;4-9H,1-3H3;5-10H,4H2,1-3H3;5-6,9H,4,7-8H2,1-3H3. The molecule has 6 aromatic carbocycles. The molecule has 0 unspecified atom stereocenters. The van der Waals surface area contributed by atoms with Crippen molar-refractivity contribution in [2.45, 2.75) is 245 Å². The minimum absolute atomic E-state index is 0.192. The van der Waals surface area contributed by atoms with Gasteiger partial charge in [-0.05, 0) is 206 Å². The highest BCUT2D eigenvalue weighted by Crippen LogP contribution is 2.39. The second-order valence-corrected chi connectivity index (χ2v) is 42.0. The van der Waals surface area contributed by atoms with Crippen molar-refractivity contribution in [2.75, 3.05) is 25.2 Å². The molecule has 0 fully saturated rings. The number of carbonyl (C=O) groups is 1. The first-order valence-electron chi connectivity index (χ1n) is 44.7. The Morgan fingerprint density at radius 3 is 1.59 bits per heavy atom. The van der Waals surface area contributed by atoms with Crippen LogP contribution in [0.15, 0.2) is 188 Å². The summed E-state index contributed by atoms with van der Waals surface area (Å²) < 4.78 is 30.8. The van der Waals surface area contributed by atoms with Crippen molar-refractivity contribution in [1.29, 1.82) is 0 Å². The molecule has 25 heteroatoms. The van der Waals surface area contributed by atoms with Crippen LogP contribution in [0.5, 0.6) is 5.75 Å². The SMILES string of the molecule is CCC(=O)N1CCc2nc(C(C)C)ccc21.CCOc1cc(C(C)C)ccc1-n1cnc(C)c1.CCc1ncn(-c2ccc(C(C)C)cc2)n1.COCc1ncn(-c2ccc(C(C)C)c3ncsc23)n1.Cc1cn(-c2ccc(C(C)C)c3c(C)csc23)cn1.Cc1cn(-c2ccc(C(C)C)c3c2CC[Si]3(C)C)cn1.Cc1cn(-c2ccc(C(C)C)c3ncoc23)cn1. The van der Waals surface area contributed by atoms with Crippen molar-refractivity contribution in [3.05, 3.63) is 273 Å². The fourth-order valence-electron chi connectivity index (χ4n) is 16.1. The smallest absolute Gasteiger partial charge is 0.226 e. The van der Waals surface area contributed by atoms with Gasteiger partial charge in [-0.1, -0.05) is 172 Å². The molecule has 0 spiro atoms. The number of fused-ring (bicyclic) bond motifs is 5. The fourth-order valence-corrected chi connectivity index (χ4v) is 21.3.